The van der Waals surface area contributed by atoms with Gasteiger partial charge in [0.2, 0.25) is 0 Å². The maximum atomic E-state index is 14.3. The summed E-state index contributed by atoms with van der Waals surface area (Å²) >= 11 is 5.94. The Bertz CT molecular complexity index is 1770. The second-order valence-electron chi connectivity index (χ2n) is 12.2. The number of imidazole rings is 1. The molecule has 48 heavy (non-hydrogen) atoms. The summed E-state index contributed by atoms with van der Waals surface area (Å²) in [7, 11) is -4.78. The third kappa shape index (κ3) is 9.27. The van der Waals surface area contributed by atoms with E-state index >= 15 is 0 Å². The fraction of sp³-hybridized carbons (Fsp3) is 0.500. The third-order valence-electron chi connectivity index (χ3n) is 8.22. The molecule has 0 spiro atoms. The molecule has 1 aliphatic heterocycles. The standard InChI is InChI=1S/C32H44ClN5O8S2/c1-22-17-38(23(2)20-39)32(40)28-16-26(35-47(41,42)27-12-9-25(33)10-13-27)11-14-29(28)46-24(3)8-6-7-15-45-30(22)18-37(5)48(43,44)31-19-36(4)21-34-31/h9-14,16,19,21-24,30,35,39H,6-8,15,17-18,20H2,1-5H3/t22-,23-,24-,30+/m0/s1. The second kappa shape index (κ2) is 16.0. The molecule has 0 aliphatic carbocycles. The monoisotopic (exact) mass is 725 g/mol. The SMILES string of the molecule is C[C@H]1CCCCO[C@H](CN(C)S(=O)(=O)c2cn(C)cn2)[C@@H](C)CN([C@@H](C)CO)C(=O)c2cc(NS(=O)(=O)c3ccc(Cl)cc3)ccc2O1. The van der Waals surface area contributed by atoms with E-state index in [2.05, 4.69) is 9.71 Å². The van der Waals surface area contributed by atoms with Crippen LogP contribution in [0.5, 0.6) is 5.75 Å². The average molecular weight is 726 g/mol. The summed E-state index contributed by atoms with van der Waals surface area (Å²) in [4.78, 5) is 19.8. The van der Waals surface area contributed by atoms with Gasteiger partial charge in [0.05, 0.1) is 41.6 Å². The number of likely N-dealkylation sites (N-methyl/N-ethyl adjacent to an activating group) is 1. The Morgan fingerprint density at radius 2 is 1.83 bits per heavy atom. The Labute approximate surface area is 287 Å². The molecule has 2 heterocycles. The Balaban J connectivity index is 1.68. The number of halogens is 1. The normalized spacial score (nSPS) is 20.9. The first kappa shape index (κ1) is 37.6. The van der Waals surface area contributed by atoms with Crippen molar-refractivity contribution in [1.29, 1.82) is 0 Å². The van der Waals surface area contributed by atoms with E-state index in [1.807, 2.05) is 13.8 Å². The van der Waals surface area contributed by atoms with Crippen LogP contribution in [0.25, 0.3) is 0 Å². The van der Waals surface area contributed by atoms with Crippen LogP contribution in [0.15, 0.2) is 64.9 Å². The first-order valence-electron chi connectivity index (χ1n) is 15.7. The molecule has 0 radical (unpaired) electrons. The predicted molar refractivity (Wildman–Crippen MR) is 182 cm³/mol. The zero-order valence-corrected chi connectivity index (χ0v) is 30.1. The smallest absolute Gasteiger partial charge is 0.261 e. The highest BCUT2D eigenvalue weighted by Crippen LogP contribution is 2.30. The van der Waals surface area contributed by atoms with Crippen molar-refractivity contribution < 1.29 is 36.2 Å². The molecule has 0 saturated heterocycles. The lowest BCUT2D eigenvalue weighted by Gasteiger charge is -2.35. The predicted octanol–water partition coefficient (Wildman–Crippen LogP) is 3.99. The van der Waals surface area contributed by atoms with Crippen LogP contribution in [0.4, 0.5) is 5.69 Å². The van der Waals surface area contributed by atoms with Gasteiger partial charge in [0.1, 0.15) is 5.75 Å². The third-order valence-corrected chi connectivity index (χ3v) is 11.6. The first-order chi connectivity index (χ1) is 22.6. The maximum Gasteiger partial charge on any atom is 0.261 e. The molecule has 1 aromatic heterocycles. The van der Waals surface area contributed by atoms with E-state index in [4.69, 9.17) is 21.1 Å². The van der Waals surface area contributed by atoms with E-state index in [0.717, 1.165) is 6.42 Å². The molecule has 264 valence electrons. The molecular formula is C32H44ClN5O8S2. The van der Waals surface area contributed by atoms with E-state index < -0.39 is 38.1 Å². The number of fused-ring (bicyclic) bond motifs is 1. The van der Waals surface area contributed by atoms with Gasteiger partial charge in [0, 0.05) is 56.6 Å². The van der Waals surface area contributed by atoms with Crippen LogP contribution in [0.3, 0.4) is 0 Å². The van der Waals surface area contributed by atoms with E-state index in [1.165, 1.54) is 65.2 Å². The number of aromatic nitrogens is 2. The molecular weight excluding hydrogens is 682 g/mol. The molecule has 4 atom stereocenters. The van der Waals surface area contributed by atoms with Crippen LogP contribution in [0.2, 0.25) is 5.02 Å². The lowest BCUT2D eigenvalue weighted by atomic mass is 10.0. The number of sulfonamides is 2. The minimum Gasteiger partial charge on any atom is -0.490 e. The van der Waals surface area contributed by atoms with Gasteiger partial charge in [-0.05, 0) is 75.6 Å². The number of nitrogens with zero attached hydrogens (tertiary/aromatic N) is 4. The molecule has 0 unspecified atom stereocenters. The lowest BCUT2D eigenvalue weighted by molar-refractivity contribution is -0.00835. The van der Waals surface area contributed by atoms with Crippen molar-refractivity contribution in [2.24, 2.45) is 13.0 Å². The van der Waals surface area contributed by atoms with Gasteiger partial charge in [-0.25, -0.2) is 21.8 Å². The number of carbonyl (C=O) groups is 1. The van der Waals surface area contributed by atoms with Crippen LogP contribution in [-0.4, -0.2) is 98.2 Å². The van der Waals surface area contributed by atoms with E-state index in [0.29, 0.717) is 24.5 Å². The fourth-order valence-electron chi connectivity index (χ4n) is 5.31. The first-order valence-corrected chi connectivity index (χ1v) is 19.0. The number of aliphatic hydroxyl groups is 1. The molecule has 1 aliphatic rings. The number of hydrogen-bond donors (Lipinski definition) is 2. The van der Waals surface area contributed by atoms with Crippen molar-refractivity contribution >= 4 is 43.2 Å². The highest BCUT2D eigenvalue weighted by Gasteiger charge is 2.33. The van der Waals surface area contributed by atoms with Crippen LogP contribution >= 0.6 is 11.6 Å². The molecule has 2 N–H and O–H groups in total. The Morgan fingerprint density at radius 3 is 2.48 bits per heavy atom. The van der Waals surface area contributed by atoms with E-state index in [9.17, 15) is 26.7 Å². The number of amides is 1. The Kier molecular flexibility index (Phi) is 12.5. The summed E-state index contributed by atoms with van der Waals surface area (Å²) in [5.74, 6) is -0.610. The zero-order chi connectivity index (χ0) is 35.2. The van der Waals surface area contributed by atoms with Gasteiger partial charge in [-0.15, -0.1) is 0 Å². The molecule has 4 rings (SSSR count). The molecule has 0 bridgehead atoms. The summed E-state index contributed by atoms with van der Waals surface area (Å²) < 4.78 is 70.7. The molecule has 0 fully saturated rings. The van der Waals surface area contributed by atoms with Crippen LogP contribution < -0.4 is 9.46 Å². The fourth-order valence-corrected chi connectivity index (χ4v) is 7.63. The minimum absolute atomic E-state index is 0.00232. The van der Waals surface area contributed by atoms with Crippen LogP contribution in [0, 0.1) is 5.92 Å². The summed E-state index contributed by atoms with van der Waals surface area (Å²) in [6.45, 7) is 5.55. The van der Waals surface area contributed by atoms with Gasteiger partial charge >= 0.3 is 0 Å². The highest BCUT2D eigenvalue weighted by atomic mass is 35.5. The summed E-state index contributed by atoms with van der Waals surface area (Å²) in [6.07, 6.45) is 4.04. The highest BCUT2D eigenvalue weighted by molar-refractivity contribution is 7.92. The summed E-state index contributed by atoms with van der Waals surface area (Å²) in [6, 6.07) is 9.55. The number of benzene rings is 2. The van der Waals surface area contributed by atoms with Gasteiger partial charge in [-0.1, -0.05) is 18.5 Å². The van der Waals surface area contributed by atoms with Crippen molar-refractivity contribution in [2.45, 2.75) is 68.2 Å². The van der Waals surface area contributed by atoms with Gasteiger partial charge in [0.25, 0.3) is 26.0 Å². The van der Waals surface area contributed by atoms with Gasteiger partial charge < -0.3 is 24.0 Å². The Hall–Kier alpha value is -3.21. The number of anilines is 1. The number of hydrogen-bond acceptors (Lipinski definition) is 9. The van der Waals surface area contributed by atoms with Crippen molar-refractivity contribution in [3.8, 4) is 5.75 Å². The number of aliphatic hydroxyl groups excluding tert-OH is 1. The minimum atomic E-state index is -4.02. The van der Waals surface area contributed by atoms with Crippen molar-refractivity contribution in [3.05, 3.63) is 65.6 Å². The van der Waals surface area contributed by atoms with Crippen molar-refractivity contribution in [2.75, 3.05) is 38.1 Å². The van der Waals surface area contributed by atoms with Crippen LogP contribution in [-0.2, 0) is 31.8 Å². The zero-order valence-electron chi connectivity index (χ0n) is 27.7. The number of carbonyl (C=O) groups excluding carboxylic acids is 1. The molecule has 2 aromatic carbocycles. The van der Waals surface area contributed by atoms with Gasteiger partial charge in [0.15, 0.2) is 5.03 Å². The molecule has 16 heteroatoms. The van der Waals surface area contributed by atoms with Crippen molar-refractivity contribution in [1.82, 2.24) is 18.8 Å². The number of nitrogens with one attached hydrogen (secondary N) is 1. The lowest BCUT2D eigenvalue weighted by Crippen LogP contribution is -2.48. The number of ether oxygens (including phenoxy) is 2. The maximum absolute atomic E-state index is 14.3. The topological polar surface area (TPSA) is 160 Å². The number of aryl methyl sites for hydroxylation is 1. The van der Waals surface area contributed by atoms with Gasteiger partial charge in [-0.3, -0.25) is 9.52 Å². The molecule has 3 aromatic rings. The molecule has 13 nitrogen and oxygen atoms in total. The quantitative estimate of drug-likeness (QED) is 0.333. The Morgan fingerprint density at radius 1 is 1.12 bits per heavy atom. The molecule has 1 amide bonds. The largest absolute Gasteiger partial charge is 0.490 e. The van der Waals surface area contributed by atoms with Gasteiger partial charge in [-0.2, -0.15) is 4.31 Å². The van der Waals surface area contributed by atoms with E-state index in [-0.39, 0.29) is 58.6 Å². The summed E-state index contributed by atoms with van der Waals surface area (Å²) in [5, 5.41) is 10.5. The average Bonchev–Trinajstić information content (AvgIpc) is 3.49. The van der Waals surface area contributed by atoms with Crippen molar-refractivity contribution in [3.63, 3.8) is 0 Å². The molecule has 0 saturated carbocycles. The van der Waals surface area contributed by atoms with E-state index in [1.54, 1.807) is 24.6 Å². The number of rotatable bonds is 9. The van der Waals surface area contributed by atoms with Crippen LogP contribution in [0.1, 0.15) is 50.4 Å². The summed E-state index contributed by atoms with van der Waals surface area (Å²) in [5.41, 5.74) is 0.247. The second-order valence-corrected chi connectivity index (χ2v) is 16.3.